The molecule has 0 aromatic rings. The summed E-state index contributed by atoms with van der Waals surface area (Å²) in [5, 5.41) is 1.68. The molecule has 1 unspecified atom stereocenters. The van der Waals surface area contributed by atoms with Gasteiger partial charge in [-0.3, -0.25) is 0 Å². The van der Waals surface area contributed by atoms with Gasteiger partial charge in [0.05, 0.1) is 0 Å². The molecule has 0 aromatic heterocycles. The molecule has 4 heteroatoms. The van der Waals surface area contributed by atoms with Crippen LogP contribution in [0.3, 0.4) is 0 Å². The summed E-state index contributed by atoms with van der Waals surface area (Å²) in [5.74, 6) is 0. The maximum atomic E-state index is 11.2. The van der Waals surface area contributed by atoms with Crippen molar-refractivity contribution in [3.63, 3.8) is 0 Å². The Bertz CT molecular complexity index is 46.9. The predicted octanol–water partition coefficient (Wildman–Crippen LogP) is 0.475. The Hall–Kier alpha value is 0.928. The fraction of sp³-hybridized carbons (Fsp3) is 0. The molecule has 0 rings (SSSR count). The van der Waals surface area contributed by atoms with Crippen LogP contribution in [0.2, 0.25) is 1.41 Å². The Kier molecular flexibility index (Phi) is 1.71. The molecule has 0 saturated heterocycles. The normalized spacial score (nSPS) is 18.8. The Labute approximate surface area is 37.5 Å². The van der Waals surface area contributed by atoms with E-state index >= 15 is 0 Å². The summed E-state index contributed by atoms with van der Waals surface area (Å²) in [6.07, 6.45) is 0. The first-order valence-corrected chi connectivity index (χ1v) is 5.17. The third-order valence-corrected chi connectivity index (χ3v) is 0. The van der Waals surface area contributed by atoms with Crippen molar-refractivity contribution < 1.29 is 23.3 Å². The number of rotatable bonds is 1. The van der Waals surface area contributed by atoms with Crippen molar-refractivity contribution in [3.8, 4) is 0 Å². The summed E-state index contributed by atoms with van der Waals surface area (Å²) in [6, 6.07) is 0. The Morgan fingerprint density at radius 3 is 2.75 bits per heavy atom. The summed E-state index contributed by atoms with van der Waals surface area (Å²) >= 11 is 0.773. The molecule has 0 saturated carbocycles. The molecule has 0 heterocycles. The zero-order chi connectivity index (χ0) is 4.28. The van der Waals surface area contributed by atoms with Crippen molar-refractivity contribution in [3.05, 3.63) is 0 Å². The van der Waals surface area contributed by atoms with Gasteiger partial charge in [-0.2, -0.15) is 0 Å². The molecule has 0 aliphatic carbocycles. The summed E-state index contributed by atoms with van der Waals surface area (Å²) in [5.41, 5.74) is 0. The van der Waals surface area contributed by atoms with E-state index in [1.807, 2.05) is 0 Å². The SMILES string of the molecule is [3H]N[S](F)=[W]. The number of nitrogens with two attached hydrogens (primary N) is 1. The first-order chi connectivity index (χ1) is 2.27. The van der Waals surface area contributed by atoms with E-state index in [1.54, 1.807) is 5.13 Å². The Morgan fingerprint density at radius 1 is 2.50 bits per heavy atom. The van der Waals surface area contributed by atoms with Crippen molar-refractivity contribution in [2.24, 2.45) is 5.13 Å². The topological polar surface area (TPSA) is 26.0 Å². The van der Waals surface area contributed by atoms with E-state index in [1.165, 1.54) is 0 Å². The molecular formula is H2FNSW. The predicted molar refractivity (Wildman–Crippen MR) is 12.9 cm³/mol. The van der Waals surface area contributed by atoms with E-state index in [2.05, 4.69) is 0 Å². The maximum absolute atomic E-state index is 11.2. The molecule has 0 amide bonds. The van der Waals surface area contributed by atoms with Crippen LogP contribution >= 0.6 is 8.66 Å². The van der Waals surface area contributed by atoms with Crippen molar-refractivity contribution >= 4 is 8.66 Å². The van der Waals surface area contributed by atoms with Crippen LogP contribution in [0.15, 0.2) is 0 Å². The van der Waals surface area contributed by atoms with Crippen molar-refractivity contribution in [2.75, 3.05) is 0 Å². The van der Waals surface area contributed by atoms with Gasteiger partial charge in [-0.05, 0) is 0 Å². The van der Waals surface area contributed by atoms with Gasteiger partial charge >= 0.3 is 37.1 Å². The van der Waals surface area contributed by atoms with E-state index in [0.717, 1.165) is 18.0 Å². The summed E-state index contributed by atoms with van der Waals surface area (Å²) in [7, 11) is -1.32. The van der Waals surface area contributed by atoms with Crippen molar-refractivity contribution in [2.45, 2.75) is 0 Å². The van der Waals surface area contributed by atoms with Crippen molar-refractivity contribution in [1.82, 2.24) is 0 Å². The van der Waals surface area contributed by atoms with Gasteiger partial charge in [0.1, 0.15) is 0 Å². The van der Waals surface area contributed by atoms with Crippen LogP contribution in [0.5, 0.6) is 0 Å². The molecule has 0 radical (unpaired) electrons. The van der Waals surface area contributed by atoms with Gasteiger partial charge in [0.25, 0.3) is 0 Å². The zero-order valence-electron chi connectivity index (χ0n) is 2.69. The third-order valence-electron chi connectivity index (χ3n) is 0. The van der Waals surface area contributed by atoms with Gasteiger partial charge in [0, 0.05) is 0 Å². The monoisotopic (exact) mass is 253 g/mol. The average molecular weight is 253 g/mol. The van der Waals surface area contributed by atoms with Crippen LogP contribution in [0.25, 0.3) is 0 Å². The molecule has 4 heavy (non-hydrogen) atoms. The van der Waals surface area contributed by atoms with Crippen LogP contribution < -0.4 is 5.13 Å². The number of hydrogen-bond donors (Lipinski definition) is 1. The average Bonchev–Trinajstić information content (AvgIpc) is 1.38. The molecule has 0 aliphatic rings. The molecule has 0 spiro atoms. The quantitative estimate of drug-likeness (QED) is 0.722. The molecular weight excluding hydrogens is 249 g/mol. The number of hydrogen-bond acceptors (Lipinski definition) is 1. The first-order valence-electron chi connectivity index (χ1n) is 1.03. The minimum absolute atomic E-state index is 0.773. The van der Waals surface area contributed by atoms with Gasteiger partial charge in [-0.15, -0.1) is 0 Å². The van der Waals surface area contributed by atoms with Crippen LogP contribution in [-0.2, 0) is 18.0 Å². The summed E-state index contributed by atoms with van der Waals surface area (Å²) in [4.78, 5) is 0. The summed E-state index contributed by atoms with van der Waals surface area (Å²) < 4.78 is 17.3. The fourth-order valence-electron chi connectivity index (χ4n) is 0. The second kappa shape index (κ2) is 2.18. The second-order valence-corrected chi connectivity index (χ2v) is 3.82. The van der Waals surface area contributed by atoms with Gasteiger partial charge in [-0.25, -0.2) is 0 Å². The molecule has 0 fully saturated rings. The first kappa shape index (κ1) is 3.13. The second-order valence-electron chi connectivity index (χ2n) is 0.223. The third kappa shape index (κ3) is 12.6. The Morgan fingerprint density at radius 2 is 2.75 bits per heavy atom. The van der Waals surface area contributed by atoms with Gasteiger partial charge in [-0.1, -0.05) is 0 Å². The van der Waals surface area contributed by atoms with Gasteiger partial charge < -0.3 is 0 Å². The van der Waals surface area contributed by atoms with Crippen LogP contribution in [0.1, 0.15) is 0 Å². The molecule has 2 N–H and O–H groups in total. The fourth-order valence-corrected chi connectivity index (χ4v) is 0. The van der Waals surface area contributed by atoms with E-state index in [4.69, 9.17) is 1.41 Å². The van der Waals surface area contributed by atoms with Crippen LogP contribution in [0, 0.1) is 0 Å². The van der Waals surface area contributed by atoms with Crippen LogP contribution in [-0.4, -0.2) is 0 Å². The van der Waals surface area contributed by atoms with E-state index < -0.39 is 8.66 Å². The standard InChI is InChI=1S/FH2NS.W/c1-3-2;/h2H2;/i/hT. The van der Waals surface area contributed by atoms with E-state index in [9.17, 15) is 3.89 Å². The molecule has 1 nitrogen and oxygen atoms in total. The van der Waals surface area contributed by atoms with Crippen LogP contribution in [0.4, 0.5) is 3.89 Å². The molecule has 0 bridgehead atoms. The minimum atomic E-state index is -1.32. The molecule has 1 atom stereocenters. The van der Waals surface area contributed by atoms with Gasteiger partial charge in [0.2, 0.25) is 0 Å². The molecule has 0 aromatic carbocycles. The van der Waals surface area contributed by atoms with E-state index in [-0.39, 0.29) is 0 Å². The molecule has 26 valence electrons. The van der Waals surface area contributed by atoms with Gasteiger partial charge in [0.15, 0.2) is 0 Å². The van der Waals surface area contributed by atoms with Crippen molar-refractivity contribution in [1.29, 1.82) is 0 Å². The Balaban J connectivity index is 2.85. The van der Waals surface area contributed by atoms with E-state index in [0.29, 0.717) is 0 Å². The number of halogens is 1. The summed E-state index contributed by atoms with van der Waals surface area (Å²) in [6.45, 7) is 0. The molecule has 0 aliphatic heterocycles. The zero-order valence-corrected chi connectivity index (χ0v) is 5.44.